The van der Waals surface area contributed by atoms with Crippen molar-refractivity contribution in [3.8, 4) is 0 Å². The van der Waals surface area contributed by atoms with E-state index in [1.165, 1.54) is 0 Å². The summed E-state index contributed by atoms with van der Waals surface area (Å²) in [6, 6.07) is 0. The first kappa shape index (κ1) is 14.2. The van der Waals surface area contributed by atoms with E-state index < -0.39 is 5.60 Å². The van der Waals surface area contributed by atoms with Gasteiger partial charge in [0, 0.05) is 39.0 Å². The van der Waals surface area contributed by atoms with Crippen LogP contribution < -0.4 is 5.73 Å². The third-order valence-electron chi connectivity index (χ3n) is 3.09. The summed E-state index contributed by atoms with van der Waals surface area (Å²) in [7, 11) is 1.97. The number of hydrogen-bond donors (Lipinski definition) is 3. The fraction of sp³-hybridized carbons (Fsp3) is 0.909. The van der Waals surface area contributed by atoms with Gasteiger partial charge in [0.05, 0.1) is 5.60 Å². The minimum Gasteiger partial charge on any atom is -0.409 e. The minimum atomic E-state index is -0.621. The van der Waals surface area contributed by atoms with Gasteiger partial charge in [0.15, 0.2) is 0 Å². The Morgan fingerprint density at radius 1 is 1.47 bits per heavy atom. The van der Waals surface area contributed by atoms with Gasteiger partial charge < -0.3 is 25.7 Å². The summed E-state index contributed by atoms with van der Waals surface area (Å²) < 4.78 is 5.24. The van der Waals surface area contributed by atoms with E-state index in [4.69, 9.17) is 15.7 Å². The lowest BCUT2D eigenvalue weighted by molar-refractivity contribution is -0.0768. The Kier molecular flexibility index (Phi) is 5.67. The first-order valence-corrected chi connectivity index (χ1v) is 6.01. The van der Waals surface area contributed by atoms with Gasteiger partial charge in [0.1, 0.15) is 5.84 Å². The van der Waals surface area contributed by atoms with E-state index in [1.54, 1.807) is 0 Å². The molecule has 6 heteroatoms. The molecular formula is C11H23N3O3. The summed E-state index contributed by atoms with van der Waals surface area (Å²) in [5.41, 5.74) is 4.76. The van der Waals surface area contributed by atoms with Crippen LogP contribution in [0.3, 0.4) is 0 Å². The van der Waals surface area contributed by atoms with Gasteiger partial charge in [0.25, 0.3) is 0 Å². The first-order valence-electron chi connectivity index (χ1n) is 6.01. The molecule has 1 aliphatic rings. The van der Waals surface area contributed by atoms with Crippen molar-refractivity contribution in [2.75, 3.05) is 33.4 Å². The number of nitrogens with zero attached hydrogens (tertiary/aromatic N) is 2. The highest BCUT2D eigenvalue weighted by molar-refractivity contribution is 5.79. The molecule has 0 bridgehead atoms. The van der Waals surface area contributed by atoms with Crippen LogP contribution in [0.25, 0.3) is 0 Å². The lowest BCUT2D eigenvalue weighted by Crippen LogP contribution is -2.45. The summed E-state index contributed by atoms with van der Waals surface area (Å²) in [6.07, 6.45) is 2.77. The SMILES string of the molecule is CN(CCCC(N)=NO)CC1(O)CCOCC1. The number of aliphatic hydroxyl groups is 1. The number of likely N-dealkylation sites (N-methyl/N-ethyl adjacent to an activating group) is 1. The highest BCUT2D eigenvalue weighted by Gasteiger charge is 2.30. The third-order valence-corrected chi connectivity index (χ3v) is 3.09. The molecular weight excluding hydrogens is 222 g/mol. The summed E-state index contributed by atoms with van der Waals surface area (Å²) in [5, 5.41) is 21.6. The Hall–Kier alpha value is -0.850. The second-order valence-corrected chi connectivity index (χ2v) is 4.77. The zero-order chi connectivity index (χ0) is 12.7. The molecule has 0 amide bonds. The van der Waals surface area contributed by atoms with Gasteiger partial charge in [-0.25, -0.2) is 0 Å². The van der Waals surface area contributed by atoms with Gasteiger partial charge in [-0.1, -0.05) is 5.16 Å². The van der Waals surface area contributed by atoms with Crippen LogP contribution in [-0.2, 0) is 4.74 Å². The van der Waals surface area contributed by atoms with E-state index in [9.17, 15) is 5.11 Å². The molecule has 1 heterocycles. The molecule has 1 rings (SSSR count). The Balaban J connectivity index is 2.21. The van der Waals surface area contributed by atoms with Gasteiger partial charge in [-0.3, -0.25) is 0 Å². The molecule has 0 aromatic carbocycles. The molecule has 0 spiro atoms. The summed E-state index contributed by atoms with van der Waals surface area (Å²) >= 11 is 0. The van der Waals surface area contributed by atoms with Crippen LogP contribution in [0.2, 0.25) is 0 Å². The van der Waals surface area contributed by atoms with Gasteiger partial charge in [-0.2, -0.15) is 0 Å². The summed E-state index contributed by atoms with van der Waals surface area (Å²) in [5.74, 6) is 0.253. The molecule has 17 heavy (non-hydrogen) atoms. The number of rotatable bonds is 6. The van der Waals surface area contributed by atoms with Crippen molar-refractivity contribution < 1.29 is 15.1 Å². The number of ether oxygens (including phenoxy) is 1. The van der Waals surface area contributed by atoms with Crippen molar-refractivity contribution in [1.29, 1.82) is 0 Å². The monoisotopic (exact) mass is 245 g/mol. The van der Waals surface area contributed by atoms with Gasteiger partial charge in [0.2, 0.25) is 0 Å². The zero-order valence-corrected chi connectivity index (χ0v) is 10.4. The highest BCUT2D eigenvalue weighted by Crippen LogP contribution is 2.21. The highest BCUT2D eigenvalue weighted by atomic mass is 16.5. The molecule has 1 aliphatic heterocycles. The quantitative estimate of drug-likeness (QED) is 0.265. The van der Waals surface area contributed by atoms with Crippen molar-refractivity contribution >= 4 is 5.84 Å². The van der Waals surface area contributed by atoms with Gasteiger partial charge in [-0.15, -0.1) is 0 Å². The smallest absolute Gasteiger partial charge is 0.139 e. The molecule has 0 aromatic heterocycles. The first-order chi connectivity index (χ1) is 8.06. The maximum Gasteiger partial charge on any atom is 0.139 e. The largest absolute Gasteiger partial charge is 0.409 e. The average Bonchev–Trinajstić information content (AvgIpc) is 2.29. The molecule has 1 saturated heterocycles. The number of oxime groups is 1. The van der Waals surface area contributed by atoms with Crippen molar-refractivity contribution in [1.82, 2.24) is 4.90 Å². The Morgan fingerprint density at radius 3 is 2.71 bits per heavy atom. The molecule has 0 aromatic rings. The molecule has 4 N–H and O–H groups in total. The standard InChI is InChI=1S/C11H23N3O3/c1-14(6-2-3-10(12)13-16)9-11(15)4-7-17-8-5-11/h15-16H,2-9H2,1H3,(H2,12,13). The average molecular weight is 245 g/mol. The van der Waals surface area contributed by atoms with E-state index >= 15 is 0 Å². The summed E-state index contributed by atoms with van der Waals surface area (Å²) in [4.78, 5) is 2.08. The molecule has 0 saturated carbocycles. The van der Waals surface area contributed by atoms with Crippen LogP contribution in [0.4, 0.5) is 0 Å². The number of amidine groups is 1. The van der Waals surface area contributed by atoms with Gasteiger partial charge in [-0.05, 0) is 20.0 Å². The Morgan fingerprint density at radius 2 is 2.12 bits per heavy atom. The fourth-order valence-electron chi connectivity index (χ4n) is 2.07. The van der Waals surface area contributed by atoms with Crippen molar-refractivity contribution in [3.05, 3.63) is 0 Å². The molecule has 0 unspecified atom stereocenters. The normalized spacial score (nSPS) is 20.8. The lowest BCUT2D eigenvalue weighted by atomic mass is 9.94. The van der Waals surface area contributed by atoms with Gasteiger partial charge >= 0.3 is 0 Å². The molecule has 1 fully saturated rings. The van der Waals surface area contributed by atoms with Crippen LogP contribution in [-0.4, -0.2) is 60.0 Å². The zero-order valence-electron chi connectivity index (χ0n) is 10.4. The molecule has 6 nitrogen and oxygen atoms in total. The Bertz CT molecular complexity index is 252. The number of hydrogen-bond acceptors (Lipinski definition) is 5. The van der Waals surface area contributed by atoms with E-state index in [-0.39, 0.29) is 5.84 Å². The molecule has 0 atom stereocenters. The topological polar surface area (TPSA) is 91.3 Å². The Labute approximate surface area is 102 Å². The molecule has 100 valence electrons. The molecule has 0 radical (unpaired) electrons. The third kappa shape index (κ3) is 5.34. The predicted molar refractivity (Wildman–Crippen MR) is 65.1 cm³/mol. The maximum absolute atomic E-state index is 10.3. The number of nitrogens with two attached hydrogens (primary N) is 1. The second kappa shape index (κ2) is 6.78. The van der Waals surface area contributed by atoms with Crippen molar-refractivity contribution in [2.45, 2.75) is 31.3 Å². The predicted octanol–water partition coefficient (Wildman–Crippen LogP) is -0.0137. The van der Waals surface area contributed by atoms with Crippen LogP contribution >= 0.6 is 0 Å². The van der Waals surface area contributed by atoms with E-state index in [2.05, 4.69) is 10.1 Å². The maximum atomic E-state index is 10.3. The molecule has 0 aliphatic carbocycles. The minimum absolute atomic E-state index is 0.253. The van der Waals surface area contributed by atoms with E-state index in [0.717, 1.165) is 13.0 Å². The van der Waals surface area contributed by atoms with E-state index in [1.807, 2.05) is 7.05 Å². The lowest BCUT2D eigenvalue weighted by Gasteiger charge is -2.35. The van der Waals surface area contributed by atoms with Crippen LogP contribution in [0, 0.1) is 0 Å². The van der Waals surface area contributed by atoms with E-state index in [0.29, 0.717) is 39.0 Å². The fourth-order valence-corrected chi connectivity index (χ4v) is 2.07. The summed E-state index contributed by atoms with van der Waals surface area (Å²) in [6.45, 7) is 2.73. The second-order valence-electron chi connectivity index (χ2n) is 4.77. The van der Waals surface area contributed by atoms with Crippen LogP contribution in [0.1, 0.15) is 25.7 Å². The van der Waals surface area contributed by atoms with Crippen LogP contribution in [0.5, 0.6) is 0 Å². The van der Waals surface area contributed by atoms with Crippen LogP contribution in [0.15, 0.2) is 5.16 Å². The van der Waals surface area contributed by atoms with Crippen molar-refractivity contribution in [2.24, 2.45) is 10.9 Å². The van der Waals surface area contributed by atoms with Crippen molar-refractivity contribution in [3.63, 3.8) is 0 Å².